The van der Waals surface area contributed by atoms with E-state index < -0.39 is 0 Å². The van der Waals surface area contributed by atoms with Gasteiger partial charge in [0.05, 0.1) is 12.7 Å². The first-order valence-corrected chi connectivity index (χ1v) is 4.17. The summed E-state index contributed by atoms with van der Waals surface area (Å²) in [4.78, 5) is 12.3. The van der Waals surface area contributed by atoms with E-state index in [1.807, 2.05) is 0 Å². The highest BCUT2D eigenvalue weighted by Gasteiger charge is 2.06. The molecule has 0 saturated carbocycles. The van der Waals surface area contributed by atoms with Crippen molar-refractivity contribution in [2.45, 2.75) is 0 Å². The van der Waals surface area contributed by atoms with Crippen molar-refractivity contribution in [1.29, 1.82) is 0 Å². The predicted molar refractivity (Wildman–Crippen MR) is 51.8 cm³/mol. The van der Waals surface area contributed by atoms with E-state index in [9.17, 15) is 0 Å². The van der Waals surface area contributed by atoms with Crippen LogP contribution in [0.4, 0.5) is 0 Å². The molecule has 0 N–H and O–H groups in total. The van der Waals surface area contributed by atoms with Gasteiger partial charge in [-0.3, -0.25) is 4.98 Å². The molecule has 0 aliphatic heterocycles. The fourth-order valence-electron chi connectivity index (χ4n) is 1.17. The lowest BCUT2D eigenvalue weighted by Crippen LogP contribution is -1.92. The minimum atomic E-state index is 0.623. The first kappa shape index (κ1) is 8.62. The van der Waals surface area contributed by atoms with Gasteiger partial charge in [-0.1, -0.05) is 0 Å². The first-order valence-electron chi connectivity index (χ1n) is 4.17. The molecule has 0 unspecified atom stereocenters. The Bertz CT molecular complexity index is 417. The van der Waals surface area contributed by atoms with Gasteiger partial charge in [0.2, 0.25) is 0 Å². The summed E-state index contributed by atoms with van der Waals surface area (Å²) >= 11 is 0. The van der Waals surface area contributed by atoms with Crippen molar-refractivity contribution in [1.82, 2.24) is 15.0 Å². The van der Waals surface area contributed by atoms with Crippen LogP contribution in [-0.4, -0.2) is 22.1 Å². The third-order valence-electron chi connectivity index (χ3n) is 1.81. The number of nitrogens with zero attached hydrogens (tertiary/aromatic N) is 3. The quantitative estimate of drug-likeness (QED) is 0.715. The molecule has 2 heterocycles. The molecule has 4 heteroatoms. The lowest BCUT2D eigenvalue weighted by atomic mass is 10.2. The minimum absolute atomic E-state index is 0.623. The highest BCUT2D eigenvalue weighted by atomic mass is 16.5. The molecular weight excluding hydrogens is 178 g/mol. The summed E-state index contributed by atoms with van der Waals surface area (Å²) < 4.78 is 5.18. The van der Waals surface area contributed by atoms with Gasteiger partial charge in [-0.25, -0.2) is 9.97 Å². The van der Waals surface area contributed by atoms with Crippen molar-refractivity contribution in [3.63, 3.8) is 0 Å². The van der Waals surface area contributed by atoms with Crippen molar-refractivity contribution >= 4 is 0 Å². The Kier molecular flexibility index (Phi) is 2.36. The second-order valence-electron chi connectivity index (χ2n) is 2.65. The van der Waals surface area contributed by atoms with E-state index in [0.717, 1.165) is 11.3 Å². The Labute approximate surface area is 81.6 Å². The summed E-state index contributed by atoms with van der Waals surface area (Å²) in [6.07, 6.45) is 6.74. The van der Waals surface area contributed by atoms with Crippen LogP contribution in [0.1, 0.15) is 0 Å². The number of rotatable bonds is 2. The van der Waals surface area contributed by atoms with Crippen LogP contribution in [0.2, 0.25) is 0 Å². The van der Waals surface area contributed by atoms with E-state index in [1.54, 1.807) is 44.0 Å². The maximum absolute atomic E-state index is 5.18. The number of hydrogen-bond acceptors (Lipinski definition) is 4. The molecule has 0 aliphatic carbocycles. The second-order valence-corrected chi connectivity index (χ2v) is 2.65. The molecule has 0 amide bonds. The van der Waals surface area contributed by atoms with E-state index in [1.165, 1.54) is 0 Å². The molecule has 0 spiro atoms. The maximum atomic E-state index is 5.18. The molecule has 0 atom stereocenters. The average Bonchev–Trinajstić information content (AvgIpc) is 2.30. The molecule has 4 nitrogen and oxygen atoms in total. The van der Waals surface area contributed by atoms with Crippen molar-refractivity contribution in [3.8, 4) is 17.1 Å². The van der Waals surface area contributed by atoms with Crippen molar-refractivity contribution in [2.75, 3.05) is 7.11 Å². The van der Waals surface area contributed by atoms with Gasteiger partial charge in [0.25, 0.3) is 0 Å². The van der Waals surface area contributed by atoms with Gasteiger partial charge >= 0.3 is 0 Å². The van der Waals surface area contributed by atoms with Crippen LogP contribution in [0, 0.1) is 0 Å². The number of ether oxygens (including phenoxy) is 1. The lowest BCUT2D eigenvalue weighted by Gasteiger charge is -2.04. The fourth-order valence-corrected chi connectivity index (χ4v) is 1.17. The Morgan fingerprint density at radius 3 is 2.64 bits per heavy atom. The summed E-state index contributed by atoms with van der Waals surface area (Å²) in [5.74, 6) is 1.35. The summed E-state index contributed by atoms with van der Waals surface area (Å²) in [6, 6.07) is 3.55. The molecule has 0 saturated heterocycles. The van der Waals surface area contributed by atoms with E-state index in [4.69, 9.17) is 4.74 Å². The number of aromatic nitrogens is 3. The van der Waals surface area contributed by atoms with Crippen LogP contribution >= 0.6 is 0 Å². The monoisotopic (exact) mass is 187 g/mol. The van der Waals surface area contributed by atoms with Crippen LogP contribution in [0.5, 0.6) is 5.75 Å². The molecule has 0 radical (unpaired) electrons. The van der Waals surface area contributed by atoms with Crippen molar-refractivity contribution in [2.24, 2.45) is 0 Å². The summed E-state index contributed by atoms with van der Waals surface area (Å²) in [5.41, 5.74) is 0.801. The van der Waals surface area contributed by atoms with Gasteiger partial charge < -0.3 is 4.74 Å². The van der Waals surface area contributed by atoms with Gasteiger partial charge in [-0.05, 0) is 12.1 Å². The van der Waals surface area contributed by atoms with Crippen LogP contribution < -0.4 is 4.74 Å². The molecule has 2 rings (SSSR count). The third kappa shape index (κ3) is 1.54. The van der Waals surface area contributed by atoms with Gasteiger partial charge in [0, 0.05) is 24.8 Å². The topological polar surface area (TPSA) is 47.9 Å². The zero-order chi connectivity index (χ0) is 9.80. The molecule has 0 aromatic carbocycles. The van der Waals surface area contributed by atoms with Gasteiger partial charge in [0.1, 0.15) is 5.75 Å². The third-order valence-corrected chi connectivity index (χ3v) is 1.81. The van der Waals surface area contributed by atoms with Gasteiger partial charge in [0.15, 0.2) is 5.82 Å². The second kappa shape index (κ2) is 3.83. The van der Waals surface area contributed by atoms with E-state index >= 15 is 0 Å². The normalized spacial score (nSPS) is 9.79. The average molecular weight is 187 g/mol. The molecule has 0 bridgehead atoms. The Hall–Kier alpha value is -1.97. The van der Waals surface area contributed by atoms with E-state index in [0.29, 0.717) is 5.82 Å². The zero-order valence-corrected chi connectivity index (χ0v) is 7.71. The van der Waals surface area contributed by atoms with E-state index in [-0.39, 0.29) is 0 Å². The molecule has 70 valence electrons. The predicted octanol–water partition coefficient (Wildman–Crippen LogP) is 1.55. The smallest absolute Gasteiger partial charge is 0.164 e. The Morgan fingerprint density at radius 2 is 1.93 bits per heavy atom. The van der Waals surface area contributed by atoms with Crippen LogP contribution in [0.15, 0.2) is 36.9 Å². The highest BCUT2D eigenvalue weighted by Crippen LogP contribution is 2.24. The van der Waals surface area contributed by atoms with Gasteiger partial charge in [-0.2, -0.15) is 0 Å². The van der Waals surface area contributed by atoms with Gasteiger partial charge in [-0.15, -0.1) is 0 Å². The molecule has 14 heavy (non-hydrogen) atoms. The minimum Gasteiger partial charge on any atom is -0.496 e. The largest absolute Gasteiger partial charge is 0.496 e. The summed E-state index contributed by atoms with van der Waals surface area (Å²) in [6.45, 7) is 0. The number of hydrogen-bond donors (Lipinski definition) is 0. The first-order chi connectivity index (χ1) is 6.92. The maximum Gasteiger partial charge on any atom is 0.164 e. The van der Waals surface area contributed by atoms with Crippen molar-refractivity contribution < 1.29 is 4.74 Å². The fraction of sp³-hybridized carbons (Fsp3) is 0.100. The van der Waals surface area contributed by atoms with E-state index in [2.05, 4.69) is 15.0 Å². The van der Waals surface area contributed by atoms with Crippen LogP contribution in [0.3, 0.4) is 0 Å². The van der Waals surface area contributed by atoms with Crippen LogP contribution in [0.25, 0.3) is 11.4 Å². The SMILES string of the molecule is COc1ccncc1-c1ncccn1. The van der Waals surface area contributed by atoms with Crippen LogP contribution in [-0.2, 0) is 0 Å². The molecule has 2 aromatic rings. The highest BCUT2D eigenvalue weighted by molar-refractivity contribution is 5.62. The number of methoxy groups -OCH3 is 1. The Morgan fingerprint density at radius 1 is 1.14 bits per heavy atom. The summed E-state index contributed by atoms with van der Waals surface area (Å²) in [5, 5.41) is 0. The standard InChI is InChI=1S/C10H9N3O/c1-14-9-3-6-11-7-8(9)10-12-4-2-5-13-10/h2-7H,1H3. The number of pyridine rings is 1. The van der Waals surface area contributed by atoms with Crippen molar-refractivity contribution in [3.05, 3.63) is 36.9 Å². The lowest BCUT2D eigenvalue weighted by molar-refractivity contribution is 0.415. The molecule has 0 aliphatic rings. The molecule has 0 fully saturated rings. The zero-order valence-electron chi connectivity index (χ0n) is 7.71. The Balaban J connectivity index is 2.51. The summed E-state index contributed by atoms with van der Waals surface area (Å²) in [7, 11) is 1.61. The molecular formula is C10H9N3O. The molecule has 2 aromatic heterocycles.